The SMILES string of the molecule is CC.FC(F)(F)Cn1ccc(-c2ccno2)n1. The first-order valence-electron chi connectivity index (χ1n) is 5.06. The molecule has 0 aromatic carbocycles. The maximum Gasteiger partial charge on any atom is 0.408 e. The van der Waals surface area contributed by atoms with E-state index in [0.717, 1.165) is 4.68 Å². The second-order valence-electron chi connectivity index (χ2n) is 2.89. The average molecular weight is 247 g/mol. The molecule has 4 nitrogen and oxygen atoms in total. The molecule has 0 saturated carbocycles. The molecule has 2 aromatic rings. The van der Waals surface area contributed by atoms with E-state index in [2.05, 4.69) is 10.3 Å². The molecule has 2 heterocycles. The summed E-state index contributed by atoms with van der Waals surface area (Å²) in [5.41, 5.74) is 0.330. The molecule has 0 fully saturated rings. The Morgan fingerprint density at radius 2 is 2.00 bits per heavy atom. The molecule has 0 aliphatic carbocycles. The summed E-state index contributed by atoms with van der Waals surface area (Å²) in [7, 11) is 0. The van der Waals surface area contributed by atoms with Crippen LogP contribution in [0.15, 0.2) is 29.0 Å². The van der Waals surface area contributed by atoms with Gasteiger partial charge in [0.05, 0.1) is 6.20 Å². The minimum absolute atomic E-state index is 0.330. The van der Waals surface area contributed by atoms with E-state index < -0.39 is 12.7 Å². The lowest BCUT2D eigenvalue weighted by atomic mass is 10.3. The molecule has 2 rings (SSSR count). The van der Waals surface area contributed by atoms with Crippen molar-refractivity contribution in [2.45, 2.75) is 26.6 Å². The summed E-state index contributed by atoms with van der Waals surface area (Å²) < 4.78 is 41.5. The standard InChI is InChI=1S/C8H6F3N3O.C2H6/c9-8(10,11)5-14-4-2-6(13-14)7-1-3-12-15-7;1-2/h1-4H,5H2;1-2H3. The van der Waals surface area contributed by atoms with E-state index in [-0.39, 0.29) is 0 Å². The lowest BCUT2D eigenvalue weighted by molar-refractivity contribution is -0.142. The summed E-state index contributed by atoms with van der Waals surface area (Å²) in [5, 5.41) is 7.14. The summed E-state index contributed by atoms with van der Waals surface area (Å²) in [4.78, 5) is 0. The summed E-state index contributed by atoms with van der Waals surface area (Å²) in [5.74, 6) is 0.343. The van der Waals surface area contributed by atoms with Crippen LogP contribution in [-0.2, 0) is 6.54 Å². The largest absolute Gasteiger partial charge is 0.408 e. The molecular weight excluding hydrogens is 235 g/mol. The molecule has 0 radical (unpaired) electrons. The Hall–Kier alpha value is -1.79. The molecule has 0 N–H and O–H groups in total. The monoisotopic (exact) mass is 247 g/mol. The smallest absolute Gasteiger partial charge is 0.355 e. The van der Waals surface area contributed by atoms with Gasteiger partial charge in [-0.1, -0.05) is 19.0 Å². The van der Waals surface area contributed by atoms with Crippen molar-refractivity contribution in [3.05, 3.63) is 24.5 Å². The van der Waals surface area contributed by atoms with E-state index in [9.17, 15) is 13.2 Å². The minimum atomic E-state index is -4.27. The Labute approximate surface area is 96.0 Å². The number of aromatic nitrogens is 3. The van der Waals surface area contributed by atoms with Gasteiger partial charge in [-0.25, -0.2) is 0 Å². The summed E-state index contributed by atoms with van der Waals surface area (Å²) in [6, 6.07) is 2.96. The van der Waals surface area contributed by atoms with Gasteiger partial charge in [0.25, 0.3) is 0 Å². The molecule has 0 aliphatic heterocycles. The third kappa shape index (κ3) is 3.93. The Kier molecular flexibility index (Phi) is 4.30. The predicted molar refractivity (Wildman–Crippen MR) is 55.1 cm³/mol. The van der Waals surface area contributed by atoms with Gasteiger partial charge in [0.2, 0.25) is 0 Å². The fourth-order valence-corrected chi connectivity index (χ4v) is 1.11. The van der Waals surface area contributed by atoms with E-state index in [0.29, 0.717) is 11.5 Å². The lowest BCUT2D eigenvalue weighted by Gasteiger charge is -2.04. The van der Waals surface area contributed by atoms with Crippen LogP contribution in [0.4, 0.5) is 13.2 Å². The highest BCUT2D eigenvalue weighted by molar-refractivity contribution is 5.49. The summed E-state index contributed by atoms with van der Waals surface area (Å²) in [6.07, 6.45) is -1.63. The molecule has 17 heavy (non-hydrogen) atoms. The topological polar surface area (TPSA) is 43.9 Å². The van der Waals surface area contributed by atoms with Crippen LogP contribution in [0, 0.1) is 0 Å². The fourth-order valence-electron chi connectivity index (χ4n) is 1.11. The molecular formula is C10H12F3N3O. The molecule has 0 bridgehead atoms. The molecule has 0 amide bonds. The van der Waals surface area contributed by atoms with E-state index in [4.69, 9.17) is 4.52 Å². The number of hydrogen-bond acceptors (Lipinski definition) is 3. The van der Waals surface area contributed by atoms with Crippen molar-refractivity contribution in [2.24, 2.45) is 0 Å². The Morgan fingerprint density at radius 3 is 2.53 bits per heavy atom. The maximum absolute atomic E-state index is 12.0. The van der Waals surface area contributed by atoms with Gasteiger partial charge in [-0.2, -0.15) is 18.3 Å². The van der Waals surface area contributed by atoms with Gasteiger partial charge in [-0.05, 0) is 6.07 Å². The molecule has 94 valence electrons. The van der Waals surface area contributed by atoms with Crippen LogP contribution in [0.2, 0.25) is 0 Å². The number of alkyl halides is 3. The zero-order valence-electron chi connectivity index (χ0n) is 9.40. The van der Waals surface area contributed by atoms with Gasteiger partial charge in [0, 0.05) is 12.3 Å². The quantitative estimate of drug-likeness (QED) is 0.818. The Morgan fingerprint density at radius 1 is 1.29 bits per heavy atom. The first-order chi connectivity index (χ1) is 8.04. The second-order valence-corrected chi connectivity index (χ2v) is 2.89. The van der Waals surface area contributed by atoms with Gasteiger partial charge < -0.3 is 4.52 Å². The van der Waals surface area contributed by atoms with Gasteiger partial charge in [-0.15, -0.1) is 0 Å². The highest BCUT2D eigenvalue weighted by atomic mass is 19.4. The Bertz CT molecular complexity index is 434. The molecule has 0 atom stereocenters. The average Bonchev–Trinajstić information content (AvgIpc) is 2.87. The molecule has 0 aliphatic rings. The summed E-state index contributed by atoms with van der Waals surface area (Å²) in [6.45, 7) is 2.89. The Balaban J connectivity index is 0.000000686. The predicted octanol–water partition coefficient (Wildman–Crippen LogP) is 3.13. The first kappa shape index (κ1) is 13.3. The van der Waals surface area contributed by atoms with Crippen LogP contribution in [0.1, 0.15) is 13.8 Å². The van der Waals surface area contributed by atoms with Gasteiger partial charge in [0.1, 0.15) is 12.2 Å². The van der Waals surface area contributed by atoms with E-state index in [1.807, 2.05) is 13.8 Å². The first-order valence-corrected chi connectivity index (χ1v) is 5.06. The van der Waals surface area contributed by atoms with Crippen molar-refractivity contribution in [2.75, 3.05) is 0 Å². The molecule has 7 heteroatoms. The zero-order valence-corrected chi connectivity index (χ0v) is 9.40. The van der Waals surface area contributed by atoms with Crippen LogP contribution in [0.25, 0.3) is 11.5 Å². The van der Waals surface area contributed by atoms with Crippen molar-refractivity contribution in [3.8, 4) is 11.5 Å². The minimum Gasteiger partial charge on any atom is -0.355 e. The van der Waals surface area contributed by atoms with Crippen LogP contribution >= 0.6 is 0 Å². The van der Waals surface area contributed by atoms with Gasteiger partial charge in [-0.3, -0.25) is 4.68 Å². The van der Waals surface area contributed by atoms with Crippen LogP contribution in [-0.4, -0.2) is 21.1 Å². The van der Waals surface area contributed by atoms with Crippen LogP contribution < -0.4 is 0 Å². The van der Waals surface area contributed by atoms with Crippen LogP contribution in [0.3, 0.4) is 0 Å². The third-order valence-corrected chi connectivity index (χ3v) is 1.67. The normalized spacial score (nSPS) is 10.9. The van der Waals surface area contributed by atoms with Crippen molar-refractivity contribution in [1.82, 2.24) is 14.9 Å². The number of rotatable bonds is 2. The molecule has 0 saturated heterocycles. The van der Waals surface area contributed by atoms with E-state index in [1.165, 1.54) is 24.5 Å². The van der Waals surface area contributed by atoms with Crippen molar-refractivity contribution in [1.29, 1.82) is 0 Å². The van der Waals surface area contributed by atoms with Gasteiger partial charge >= 0.3 is 6.18 Å². The van der Waals surface area contributed by atoms with Crippen molar-refractivity contribution < 1.29 is 17.7 Å². The number of halogens is 3. The molecule has 0 unspecified atom stereocenters. The van der Waals surface area contributed by atoms with Gasteiger partial charge in [0.15, 0.2) is 5.76 Å². The number of hydrogen-bond donors (Lipinski definition) is 0. The third-order valence-electron chi connectivity index (χ3n) is 1.67. The van der Waals surface area contributed by atoms with Crippen molar-refractivity contribution >= 4 is 0 Å². The highest BCUT2D eigenvalue weighted by Gasteiger charge is 2.28. The van der Waals surface area contributed by atoms with E-state index >= 15 is 0 Å². The van der Waals surface area contributed by atoms with Crippen molar-refractivity contribution in [3.63, 3.8) is 0 Å². The highest BCUT2D eigenvalue weighted by Crippen LogP contribution is 2.19. The molecule has 2 aromatic heterocycles. The number of nitrogens with zero attached hydrogens (tertiary/aromatic N) is 3. The second kappa shape index (κ2) is 5.51. The summed E-state index contributed by atoms with van der Waals surface area (Å²) >= 11 is 0. The maximum atomic E-state index is 12.0. The lowest BCUT2D eigenvalue weighted by Crippen LogP contribution is -2.17. The fraction of sp³-hybridized carbons (Fsp3) is 0.400. The zero-order chi connectivity index (χ0) is 12.9. The van der Waals surface area contributed by atoms with E-state index in [1.54, 1.807) is 0 Å². The van der Waals surface area contributed by atoms with Crippen LogP contribution in [0.5, 0.6) is 0 Å². The molecule has 0 spiro atoms.